The molecule has 2 amide bonds. The van der Waals surface area contributed by atoms with Crippen molar-refractivity contribution in [3.63, 3.8) is 0 Å². The average molecular weight is 449 g/mol. The smallest absolute Gasteiger partial charge is 0.320 e. The zero-order valence-electron chi connectivity index (χ0n) is 20.1. The predicted octanol–water partition coefficient (Wildman–Crippen LogP) is 5.43. The molecular formula is C27H36N4O2. The van der Waals surface area contributed by atoms with Gasteiger partial charge in [-0.1, -0.05) is 64.1 Å². The third-order valence-corrected chi connectivity index (χ3v) is 6.18. The number of allylic oxidation sites excluding steroid dienone is 1. The number of amidine groups is 1. The van der Waals surface area contributed by atoms with E-state index < -0.39 is 0 Å². The molecule has 0 aliphatic heterocycles. The zero-order chi connectivity index (χ0) is 24.0. The van der Waals surface area contributed by atoms with Gasteiger partial charge in [-0.05, 0) is 54.0 Å². The molecule has 0 saturated heterocycles. The summed E-state index contributed by atoms with van der Waals surface area (Å²) in [5, 5.41) is 15.3. The van der Waals surface area contributed by atoms with Crippen LogP contribution in [0.25, 0.3) is 0 Å². The Labute approximate surface area is 197 Å². The van der Waals surface area contributed by atoms with E-state index in [9.17, 15) is 9.90 Å². The maximum atomic E-state index is 13.0. The first kappa shape index (κ1) is 24.5. The normalized spacial score (nSPS) is 19.1. The minimum Gasteiger partial charge on any atom is -0.401 e. The fraction of sp³-hybridized carbons (Fsp3) is 0.407. The number of hydrogen-bond donors (Lipinski definition) is 4. The van der Waals surface area contributed by atoms with Gasteiger partial charge in [-0.15, -0.1) is 0 Å². The summed E-state index contributed by atoms with van der Waals surface area (Å²) in [6.45, 7) is 8.21. The van der Waals surface area contributed by atoms with Gasteiger partial charge in [0, 0.05) is 17.2 Å². The maximum Gasteiger partial charge on any atom is 0.320 e. The first-order valence-corrected chi connectivity index (χ1v) is 11.6. The van der Waals surface area contributed by atoms with Gasteiger partial charge in [0.2, 0.25) is 0 Å². The van der Waals surface area contributed by atoms with Crippen molar-refractivity contribution >= 4 is 17.6 Å². The molecule has 0 bridgehead atoms. The Morgan fingerprint density at radius 2 is 1.79 bits per heavy atom. The molecule has 0 radical (unpaired) electrons. The lowest BCUT2D eigenvalue weighted by Crippen LogP contribution is -2.42. The van der Waals surface area contributed by atoms with Crippen molar-refractivity contribution in [2.24, 2.45) is 16.1 Å². The number of nitrogens with zero attached hydrogens (tertiary/aromatic N) is 1. The first-order chi connectivity index (χ1) is 15.7. The fourth-order valence-electron chi connectivity index (χ4n) is 4.04. The molecule has 176 valence electrons. The summed E-state index contributed by atoms with van der Waals surface area (Å²) >= 11 is 0. The van der Waals surface area contributed by atoms with E-state index in [0.29, 0.717) is 23.1 Å². The van der Waals surface area contributed by atoms with E-state index in [1.54, 1.807) is 30.3 Å². The molecule has 0 saturated carbocycles. The highest BCUT2D eigenvalue weighted by atomic mass is 16.3. The standard InChI is InChI=1S/C27H36N4O2/c1-5-19-12-15-23(22-9-7-6-8-21(19)22)30-26(33)31-25(16-24(28)27(2,3)4)29-20-13-10-18(17-32)11-14-20/h6-11,13-14,16,19,23,32H,5,12,15,17,28H2,1-4H3,(H2,29,30,31,33)/t19-,23+/m1/s1. The molecule has 33 heavy (non-hydrogen) atoms. The van der Waals surface area contributed by atoms with Crippen molar-refractivity contribution in [3.8, 4) is 0 Å². The number of aliphatic hydroxyl groups is 1. The number of nitrogens with one attached hydrogen (secondary N) is 2. The van der Waals surface area contributed by atoms with Crippen molar-refractivity contribution in [3.05, 3.63) is 77.0 Å². The highest BCUT2D eigenvalue weighted by molar-refractivity contribution is 6.05. The predicted molar refractivity (Wildman–Crippen MR) is 134 cm³/mol. The summed E-state index contributed by atoms with van der Waals surface area (Å²) in [7, 11) is 0. The summed E-state index contributed by atoms with van der Waals surface area (Å²) < 4.78 is 0. The monoisotopic (exact) mass is 448 g/mol. The van der Waals surface area contributed by atoms with Crippen molar-refractivity contribution < 1.29 is 9.90 Å². The topological polar surface area (TPSA) is 99.7 Å². The van der Waals surface area contributed by atoms with Crippen LogP contribution < -0.4 is 16.4 Å². The lowest BCUT2D eigenvalue weighted by molar-refractivity contribution is 0.239. The highest BCUT2D eigenvalue weighted by Crippen LogP contribution is 2.38. The van der Waals surface area contributed by atoms with E-state index in [-0.39, 0.29) is 24.1 Å². The van der Waals surface area contributed by atoms with E-state index in [2.05, 4.69) is 40.7 Å². The maximum absolute atomic E-state index is 13.0. The number of hydrogen-bond acceptors (Lipinski definition) is 4. The Bertz CT molecular complexity index is 1020. The van der Waals surface area contributed by atoms with Crippen LogP contribution in [0.2, 0.25) is 0 Å². The van der Waals surface area contributed by atoms with E-state index >= 15 is 0 Å². The minimum absolute atomic E-state index is 0.0316. The van der Waals surface area contributed by atoms with E-state index in [1.165, 1.54) is 11.1 Å². The number of aliphatic imine (C=N–C) groups is 1. The summed E-state index contributed by atoms with van der Waals surface area (Å²) in [5.74, 6) is 0.906. The number of carbonyl (C=O) groups excluding carboxylic acids is 1. The zero-order valence-corrected chi connectivity index (χ0v) is 20.1. The molecule has 0 unspecified atom stereocenters. The van der Waals surface area contributed by atoms with E-state index in [1.807, 2.05) is 26.8 Å². The molecule has 0 aromatic heterocycles. The number of carbonyl (C=O) groups is 1. The minimum atomic E-state index is -0.312. The van der Waals surface area contributed by atoms with E-state index in [0.717, 1.165) is 24.8 Å². The molecule has 3 rings (SSSR count). The summed E-state index contributed by atoms with van der Waals surface area (Å²) in [6.07, 6.45) is 4.76. The summed E-state index contributed by atoms with van der Waals surface area (Å²) in [4.78, 5) is 17.6. The van der Waals surface area contributed by atoms with Crippen LogP contribution in [0.4, 0.5) is 10.5 Å². The SMILES string of the molecule is CC[C@@H]1CC[C@H](NC(=O)NC(C=C(N)C(C)(C)C)=Nc2ccc(CO)cc2)c2ccccc21. The molecule has 6 nitrogen and oxygen atoms in total. The van der Waals surface area contributed by atoms with Crippen molar-refractivity contribution in [1.82, 2.24) is 10.6 Å². The Balaban J connectivity index is 1.82. The molecule has 0 spiro atoms. The lowest BCUT2D eigenvalue weighted by Gasteiger charge is -2.31. The van der Waals surface area contributed by atoms with Gasteiger partial charge in [-0.3, -0.25) is 5.32 Å². The van der Waals surface area contributed by atoms with Gasteiger partial charge in [0.05, 0.1) is 18.3 Å². The second-order valence-electron chi connectivity index (χ2n) is 9.63. The molecule has 1 aliphatic rings. The number of aliphatic hydroxyl groups excluding tert-OH is 1. The molecule has 5 N–H and O–H groups in total. The molecule has 0 fully saturated rings. The molecule has 2 atom stereocenters. The molecule has 1 aliphatic carbocycles. The number of benzene rings is 2. The quantitative estimate of drug-likeness (QED) is 0.363. The second-order valence-corrected chi connectivity index (χ2v) is 9.63. The third-order valence-electron chi connectivity index (χ3n) is 6.18. The van der Waals surface area contributed by atoms with Gasteiger partial charge in [0.25, 0.3) is 0 Å². The van der Waals surface area contributed by atoms with Gasteiger partial charge in [-0.2, -0.15) is 0 Å². The van der Waals surface area contributed by atoms with Crippen LogP contribution in [0.3, 0.4) is 0 Å². The fourth-order valence-corrected chi connectivity index (χ4v) is 4.04. The van der Waals surface area contributed by atoms with Crippen molar-refractivity contribution in [2.75, 3.05) is 0 Å². The first-order valence-electron chi connectivity index (χ1n) is 11.6. The number of rotatable bonds is 5. The molecule has 0 heterocycles. The molecule has 2 aromatic carbocycles. The van der Waals surface area contributed by atoms with Crippen LogP contribution in [0.1, 0.15) is 75.6 Å². The Morgan fingerprint density at radius 1 is 1.12 bits per heavy atom. The Morgan fingerprint density at radius 3 is 2.39 bits per heavy atom. The summed E-state index contributed by atoms with van der Waals surface area (Å²) in [6, 6.07) is 15.2. The van der Waals surface area contributed by atoms with Gasteiger partial charge in [0.1, 0.15) is 5.84 Å². The van der Waals surface area contributed by atoms with Gasteiger partial charge < -0.3 is 16.2 Å². The number of fused-ring (bicyclic) bond motifs is 1. The Kier molecular flexibility index (Phi) is 7.92. The second kappa shape index (κ2) is 10.7. The van der Waals surface area contributed by atoms with Crippen molar-refractivity contribution in [1.29, 1.82) is 0 Å². The lowest BCUT2D eigenvalue weighted by atomic mass is 9.79. The number of nitrogens with two attached hydrogens (primary N) is 1. The number of amides is 2. The van der Waals surface area contributed by atoms with Crippen LogP contribution in [0, 0.1) is 5.41 Å². The van der Waals surface area contributed by atoms with Gasteiger partial charge in [0.15, 0.2) is 0 Å². The van der Waals surface area contributed by atoms with Crippen LogP contribution >= 0.6 is 0 Å². The van der Waals surface area contributed by atoms with E-state index in [4.69, 9.17) is 5.73 Å². The largest absolute Gasteiger partial charge is 0.401 e. The summed E-state index contributed by atoms with van der Waals surface area (Å²) in [5.41, 5.74) is 10.6. The van der Waals surface area contributed by atoms with Crippen LogP contribution in [-0.2, 0) is 6.61 Å². The average Bonchev–Trinajstić information content (AvgIpc) is 2.79. The van der Waals surface area contributed by atoms with Crippen LogP contribution in [-0.4, -0.2) is 17.0 Å². The molecular weight excluding hydrogens is 412 g/mol. The highest BCUT2D eigenvalue weighted by Gasteiger charge is 2.27. The third kappa shape index (κ3) is 6.45. The molecule has 2 aromatic rings. The van der Waals surface area contributed by atoms with Crippen LogP contribution in [0.5, 0.6) is 0 Å². The van der Waals surface area contributed by atoms with Gasteiger partial charge in [-0.25, -0.2) is 9.79 Å². The number of urea groups is 1. The van der Waals surface area contributed by atoms with Crippen molar-refractivity contribution in [2.45, 2.75) is 65.5 Å². The van der Waals surface area contributed by atoms with Gasteiger partial charge >= 0.3 is 6.03 Å². The molecule has 6 heteroatoms. The van der Waals surface area contributed by atoms with Crippen LogP contribution in [0.15, 0.2) is 65.3 Å². The Hall–Kier alpha value is -3.12.